The molecular formula is C17H18ClFN6OS. The highest BCUT2D eigenvalue weighted by Gasteiger charge is 2.14. The first-order valence-corrected chi connectivity index (χ1v) is 9.33. The fourth-order valence-electron chi connectivity index (χ4n) is 2.37. The number of benzene rings is 1. The van der Waals surface area contributed by atoms with Crippen LogP contribution in [-0.4, -0.2) is 43.2 Å². The van der Waals surface area contributed by atoms with Crippen molar-refractivity contribution in [2.24, 2.45) is 0 Å². The first-order valence-electron chi connectivity index (χ1n) is 8.14. The highest BCUT2D eigenvalue weighted by Crippen LogP contribution is 2.30. The van der Waals surface area contributed by atoms with Crippen LogP contribution in [-0.2, 0) is 0 Å². The molecule has 0 fully saturated rings. The molecule has 0 saturated carbocycles. The molecule has 142 valence electrons. The summed E-state index contributed by atoms with van der Waals surface area (Å²) in [7, 11) is 3.53. The molecule has 3 aromatic rings. The van der Waals surface area contributed by atoms with E-state index < -0.39 is 5.82 Å². The van der Waals surface area contributed by atoms with Gasteiger partial charge in [-0.05, 0) is 37.4 Å². The monoisotopic (exact) mass is 408 g/mol. The minimum absolute atomic E-state index is 0.329. The Morgan fingerprint density at radius 1 is 1.26 bits per heavy atom. The lowest BCUT2D eigenvalue weighted by molar-refractivity contribution is 0.252. The van der Waals surface area contributed by atoms with E-state index in [4.69, 9.17) is 11.6 Å². The van der Waals surface area contributed by atoms with E-state index in [9.17, 15) is 9.18 Å². The van der Waals surface area contributed by atoms with Crippen LogP contribution in [0, 0.1) is 5.82 Å². The number of hydrogen-bond acceptors (Lipinski definition) is 6. The molecule has 2 heterocycles. The Kier molecular flexibility index (Phi) is 6.04. The van der Waals surface area contributed by atoms with E-state index in [2.05, 4.69) is 25.9 Å². The van der Waals surface area contributed by atoms with Gasteiger partial charge in [-0.1, -0.05) is 22.9 Å². The van der Waals surface area contributed by atoms with Crippen LogP contribution in [0.25, 0.3) is 10.3 Å². The van der Waals surface area contributed by atoms with Gasteiger partial charge >= 0.3 is 6.03 Å². The van der Waals surface area contributed by atoms with Gasteiger partial charge < -0.3 is 15.5 Å². The highest BCUT2D eigenvalue weighted by atomic mass is 35.5. The van der Waals surface area contributed by atoms with Gasteiger partial charge in [-0.15, -0.1) is 0 Å². The fourth-order valence-corrected chi connectivity index (χ4v) is 3.35. The van der Waals surface area contributed by atoms with Gasteiger partial charge in [0.15, 0.2) is 5.13 Å². The van der Waals surface area contributed by atoms with Crippen LogP contribution >= 0.6 is 22.9 Å². The molecule has 0 aliphatic carbocycles. The number of nitrogens with one attached hydrogen (secondary N) is 3. The van der Waals surface area contributed by atoms with E-state index in [1.807, 2.05) is 7.05 Å². The number of fused-ring (bicyclic) bond motifs is 1. The van der Waals surface area contributed by atoms with E-state index in [1.54, 1.807) is 36.2 Å². The largest absolute Gasteiger partial charge is 0.337 e. The van der Waals surface area contributed by atoms with Crippen LogP contribution in [0.5, 0.6) is 0 Å². The predicted octanol–water partition coefficient (Wildman–Crippen LogP) is 3.59. The average Bonchev–Trinajstić information content (AvgIpc) is 3.02. The molecule has 10 heteroatoms. The number of thiazole rings is 1. The van der Waals surface area contributed by atoms with E-state index in [0.717, 1.165) is 0 Å². The van der Waals surface area contributed by atoms with Crippen LogP contribution in [0.4, 0.5) is 25.8 Å². The minimum atomic E-state index is -0.434. The number of carbonyl (C=O) groups excluding carboxylic acids is 1. The summed E-state index contributed by atoms with van der Waals surface area (Å²) >= 11 is 7.05. The Hall–Kier alpha value is -2.49. The summed E-state index contributed by atoms with van der Waals surface area (Å²) in [5.41, 5.74) is 1.01. The molecule has 0 bridgehead atoms. The molecule has 1 aromatic carbocycles. The zero-order valence-electron chi connectivity index (χ0n) is 14.7. The molecule has 0 atom stereocenters. The highest BCUT2D eigenvalue weighted by molar-refractivity contribution is 7.22. The number of hydrogen-bond donors (Lipinski definition) is 3. The van der Waals surface area contributed by atoms with Gasteiger partial charge in [-0.2, -0.15) is 0 Å². The number of carbonyl (C=O) groups is 1. The molecule has 2 aromatic heterocycles. The van der Waals surface area contributed by atoms with Gasteiger partial charge in [0.05, 0.1) is 5.69 Å². The van der Waals surface area contributed by atoms with Crippen molar-refractivity contribution in [1.82, 2.24) is 20.6 Å². The standard InChI is InChI=1S/C17H18ClFN6OS/c1-20-7-8-21-16(26)24-17-22-12-4-6-14(23-15(12)27-17)25(2)13-5-3-10(18)9-11(13)19/h3-6,9,20H,7-8H2,1-2H3,(H2,21,22,24,26). The molecule has 2 amide bonds. The Morgan fingerprint density at radius 2 is 2.07 bits per heavy atom. The van der Waals surface area contributed by atoms with Gasteiger partial charge in [0, 0.05) is 25.2 Å². The number of halogens is 2. The fraction of sp³-hybridized carbons (Fsp3) is 0.235. The number of rotatable bonds is 6. The van der Waals surface area contributed by atoms with Crippen molar-refractivity contribution in [3.8, 4) is 0 Å². The summed E-state index contributed by atoms with van der Waals surface area (Å²) in [6.45, 7) is 1.18. The van der Waals surface area contributed by atoms with E-state index in [-0.39, 0.29) is 6.03 Å². The maximum Gasteiger partial charge on any atom is 0.321 e. The second-order valence-electron chi connectivity index (χ2n) is 5.65. The SMILES string of the molecule is CNCCNC(=O)Nc1nc2ccc(N(C)c3ccc(Cl)cc3F)nc2s1. The lowest BCUT2D eigenvalue weighted by Gasteiger charge is -2.18. The third kappa shape index (κ3) is 4.62. The van der Waals surface area contributed by atoms with Crippen molar-refractivity contribution in [1.29, 1.82) is 0 Å². The molecule has 7 nitrogen and oxygen atoms in total. The van der Waals surface area contributed by atoms with Gasteiger partial charge in [0.25, 0.3) is 0 Å². The van der Waals surface area contributed by atoms with Gasteiger partial charge in [0.2, 0.25) is 0 Å². The second kappa shape index (κ2) is 8.47. The molecular weight excluding hydrogens is 391 g/mol. The number of anilines is 3. The van der Waals surface area contributed by atoms with Crippen LogP contribution in [0.15, 0.2) is 30.3 Å². The van der Waals surface area contributed by atoms with Crippen molar-refractivity contribution >= 4 is 56.0 Å². The minimum Gasteiger partial charge on any atom is -0.337 e. The number of nitrogens with zero attached hydrogens (tertiary/aromatic N) is 3. The van der Waals surface area contributed by atoms with Crippen molar-refractivity contribution < 1.29 is 9.18 Å². The van der Waals surface area contributed by atoms with Crippen LogP contribution < -0.4 is 20.9 Å². The number of urea groups is 1. The van der Waals surface area contributed by atoms with Crippen LogP contribution in [0.3, 0.4) is 0 Å². The Morgan fingerprint density at radius 3 is 2.81 bits per heavy atom. The molecule has 0 saturated heterocycles. The average molecular weight is 409 g/mol. The number of aromatic nitrogens is 2. The maximum atomic E-state index is 14.2. The topological polar surface area (TPSA) is 82.2 Å². The lowest BCUT2D eigenvalue weighted by Crippen LogP contribution is -2.33. The van der Waals surface area contributed by atoms with E-state index in [0.29, 0.717) is 45.1 Å². The first-order chi connectivity index (χ1) is 13.0. The zero-order valence-corrected chi connectivity index (χ0v) is 16.3. The second-order valence-corrected chi connectivity index (χ2v) is 7.07. The van der Waals surface area contributed by atoms with Crippen molar-refractivity contribution in [3.05, 3.63) is 41.2 Å². The Bertz CT molecular complexity index is 966. The summed E-state index contributed by atoms with van der Waals surface area (Å²) in [5, 5.41) is 9.11. The predicted molar refractivity (Wildman–Crippen MR) is 108 cm³/mol. The van der Waals surface area contributed by atoms with E-state index in [1.165, 1.54) is 17.4 Å². The molecule has 0 aliphatic rings. The zero-order chi connectivity index (χ0) is 19.4. The summed E-state index contributed by atoms with van der Waals surface area (Å²) in [5.74, 6) is 0.120. The Balaban J connectivity index is 1.78. The molecule has 27 heavy (non-hydrogen) atoms. The Labute approximate surface area is 164 Å². The summed E-state index contributed by atoms with van der Waals surface area (Å²) in [4.78, 5) is 23.0. The molecule has 0 radical (unpaired) electrons. The number of likely N-dealkylation sites (N-methyl/N-ethyl adjacent to an activating group) is 1. The smallest absolute Gasteiger partial charge is 0.321 e. The molecule has 3 rings (SSSR count). The summed E-state index contributed by atoms with van der Waals surface area (Å²) in [6, 6.07) is 7.67. The van der Waals surface area contributed by atoms with Gasteiger partial charge in [-0.3, -0.25) is 5.32 Å². The summed E-state index contributed by atoms with van der Waals surface area (Å²) in [6.07, 6.45) is 0. The third-order valence-electron chi connectivity index (χ3n) is 3.74. The number of amides is 2. The molecule has 0 spiro atoms. The number of pyridine rings is 1. The molecule has 3 N–H and O–H groups in total. The maximum absolute atomic E-state index is 14.2. The van der Waals surface area contributed by atoms with Gasteiger partial charge in [0.1, 0.15) is 22.0 Å². The molecule has 0 unspecified atom stereocenters. The first kappa shape index (κ1) is 19.3. The summed E-state index contributed by atoms with van der Waals surface area (Å²) < 4.78 is 14.2. The molecule has 0 aliphatic heterocycles. The third-order valence-corrected chi connectivity index (χ3v) is 4.85. The van der Waals surface area contributed by atoms with E-state index >= 15 is 0 Å². The lowest BCUT2D eigenvalue weighted by atomic mass is 10.2. The van der Waals surface area contributed by atoms with Gasteiger partial charge in [-0.25, -0.2) is 19.2 Å². The van der Waals surface area contributed by atoms with Crippen LogP contribution in [0.1, 0.15) is 0 Å². The van der Waals surface area contributed by atoms with Crippen molar-refractivity contribution in [3.63, 3.8) is 0 Å². The van der Waals surface area contributed by atoms with Crippen LogP contribution in [0.2, 0.25) is 5.02 Å². The quantitative estimate of drug-likeness (QED) is 0.543. The van der Waals surface area contributed by atoms with Crippen molar-refractivity contribution in [2.45, 2.75) is 0 Å². The normalized spacial score (nSPS) is 10.8. The van der Waals surface area contributed by atoms with Crippen molar-refractivity contribution in [2.75, 3.05) is 37.4 Å².